The summed E-state index contributed by atoms with van der Waals surface area (Å²) in [5.74, 6) is 1.64. The quantitative estimate of drug-likeness (QED) is 0.764. The molecule has 14 heavy (non-hydrogen) atoms. The molecule has 1 aromatic heterocycles. The highest BCUT2D eigenvalue weighted by molar-refractivity contribution is 6.17. The van der Waals surface area contributed by atoms with Crippen molar-refractivity contribution < 1.29 is 0 Å². The predicted octanol–water partition coefficient (Wildman–Crippen LogP) is 3.47. The number of aromatic nitrogens is 2. The van der Waals surface area contributed by atoms with Gasteiger partial charge in [-0.2, -0.15) is 5.10 Å². The average Bonchev–Trinajstić information content (AvgIpc) is 2.46. The molecular formula is C11H19ClN2. The van der Waals surface area contributed by atoms with Crippen LogP contribution in [0.25, 0.3) is 0 Å². The van der Waals surface area contributed by atoms with Crippen molar-refractivity contribution in [2.75, 3.05) is 0 Å². The van der Waals surface area contributed by atoms with Crippen LogP contribution < -0.4 is 0 Å². The normalized spacial score (nSPS) is 11.6. The summed E-state index contributed by atoms with van der Waals surface area (Å²) in [5.41, 5.74) is 3.53. The van der Waals surface area contributed by atoms with Gasteiger partial charge < -0.3 is 0 Å². The second-order valence-electron chi connectivity index (χ2n) is 4.45. The van der Waals surface area contributed by atoms with Gasteiger partial charge in [-0.15, -0.1) is 11.6 Å². The highest BCUT2D eigenvalue weighted by atomic mass is 35.5. The van der Waals surface area contributed by atoms with E-state index in [0.29, 0.717) is 17.7 Å². The van der Waals surface area contributed by atoms with Crippen molar-refractivity contribution in [2.24, 2.45) is 5.92 Å². The van der Waals surface area contributed by atoms with E-state index in [1.807, 2.05) is 0 Å². The maximum atomic E-state index is 5.95. The Kier molecular flexibility index (Phi) is 3.99. The average molecular weight is 215 g/mol. The van der Waals surface area contributed by atoms with Crippen molar-refractivity contribution in [1.29, 1.82) is 0 Å². The lowest BCUT2D eigenvalue weighted by molar-refractivity contribution is 0.631. The molecule has 0 aliphatic carbocycles. The summed E-state index contributed by atoms with van der Waals surface area (Å²) in [6.07, 6.45) is 1.03. The molecule has 1 heterocycles. The van der Waals surface area contributed by atoms with Crippen LogP contribution in [-0.2, 0) is 12.3 Å². The topological polar surface area (TPSA) is 28.7 Å². The van der Waals surface area contributed by atoms with Crippen LogP contribution in [0.1, 0.15) is 50.6 Å². The van der Waals surface area contributed by atoms with Crippen molar-refractivity contribution in [1.82, 2.24) is 10.2 Å². The number of nitrogens with zero attached hydrogens (tertiary/aromatic N) is 1. The maximum absolute atomic E-state index is 5.95. The Morgan fingerprint density at radius 1 is 1.29 bits per heavy atom. The molecule has 0 amide bonds. The number of H-pyrrole nitrogens is 1. The first-order chi connectivity index (χ1) is 6.56. The van der Waals surface area contributed by atoms with Crippen LogP contribution in [0, 0.1) is 5.92 Å². The minimum absolute atomic E-state index is 0.445. The number of alkyl halides is 1. The Balaban J connectivity index is 2.95. The van der Waals surface area contributed by atoms with Gasteiger partial charge in [0.1, 0.15) is 0 Å². The summed E-state index contributed by atoms with van der Waals surface area (Å²) in [7, 11) is 0. The third-order valence-electron chi connectivity index (χ3n) is 2.28. The van der Waals surface area contributed by atoms with Crippen LogP contribution in [0.4, 0.5) is 0 Å². The zero-order chi connectivity index (χ0) is 10.7. The first kappa shape index (κ1) is 11.6. The fraction of sp³-hybridized carbons (Fsp3) is 0.727. The lowest BCUT2D eigenvalue weighted by Crippen LogP contribution is -1.99. The molecule has 0 saturated carbocycles. The van der Waals surface area contributed by atoms with Gasteiger partial charge >= 0.3 is 0 Å². The third-order valence-corrected chi connectivity index (χ3v) is 2.54. The zero-order valence-electron chi connectivity index (χ0n) is 9.39. The van der Waals surface area contributed by atoms with Gasteiger partial charge in [-0.05, 0) is 18.3 Å². The molecule has 0 aliphatic rings. The van der Waals surface area contributed by atoms with Gasteiger partial charge in [-0.1, -0.05) is 27.7 Å². The van der Waals surface area contributed by atoms with Gasteiger partial charge in [0.05, 0.1) is 11.6 Å². The molecule has 0 fully saturated rings. The first-order valence-electron chi connectivity index (χ1n) is 5.18. The van der Waals surface area contributed by atoms with Gasteiger partial charge in [-0.25, -0.2) is 0 Å². The van der Waals surface area contributed by atoms with Crippen molar-refractivity contribution in [3.63, 3.8) is 0 Å². The Bertz CT molecular complexity index is 289. The Morgan fingerprint density at radius 3 is 2.36 bits per heavy atom. The Hall–Kier alpha value is -0.500. The van der Waals surface area contributed by atoms with E-state index in [4.69, 9.17) is 11.6 Å². The number of hydrogen-bond acceptors (Lipinski definition) is 1. The van der Waals surface area contributed by atoms with Crippen LogP contribution >= 0.6 is 11.6 Å². The fourth-order valence-electron chi connectivity index (χ4n) is 1.62. The van der Waals surface area contributed by atoms with Gasteiger partial charge in [0.25, 0.3) is 0 Å². The van der Waals surface area contributed by atoms with E-state index in [0.717, 1.165) is 12.1 Å². The lowest BCUT2D eigenvalue weighted by atomic mass is 10.0. The highest BCUT2D eigenvalue weighted by Crippen LogP contribution is 2.23. The maximum Gasteiger partial charge on any atom is 0.0694 e. The molecule has 0 saturated heterocycles. The predicted molar refractivity (Wildman–Crippen MR) is 60.8 cm³/mol. The van der Waals surface area contributed by atoms with Crippen LogP contribution in [-0.4, -0.2) is 10.2 Å². The smallest absolute Gasteiger partial charge is 0.0694 e. The van der Waals surface area contributed by atoms with Crippen LogP contribution in [0.5, 0.6) is 0 Å². The van der Waals surface area contributed by atoms with Crippen LogP contribution in [0.3, 0.4) is 0 Å². The second kappa shape index (κ2) is 4.83. The molecule has 0 bridgehead atoms. The SMILES string of the molecule is CC(C)Cc1[nH]nc(C(C)C)c1CCl. The Morgan fingerprint density at radius 2 is 1.93 bits per heavy atom. The molecular weight excluding hydrogens is 196 g/mol. The number of nitrogens with one attached hydrogen (secondary N) is 1. The van der Waals surface area contributed by atoms with E-state index >= 15 is 0 Å². The van der Waals surface area contributed by atoms with Crippen molar-refractivity contribution in [3.8, 4) is 0 Å². The fourth-order valence-corrected chi connectivity index (χ4v) is 1.92. The Labute approximate surface area is 91.1 Å². The number of halogens is 1. The third kappa shape index (κ3) is 2.50. The number of hydrogen-bond donors (Lipinski definition) is 1. The number of rotatable bonds is 4. The highest BCUT2D eigenvalue weighted by Gasteiger charge is 2.15. The minimum atomic E-state index is 0.445. The minimum Gasteiger partial charge on any atom is -0.282 e. The van der Waals surface area contributed by atoms with E-state index in [1.54, 1.807) is 0 Å². The van der Waals surface area contributed by atoms with Gasteiger partial charge in [0.2, 0.25) is 0 Å². The van der Waals surface area contributed by atoms with E-state index < -0.39 is 0 Å². The van der Waals surface area contributed by atoms with Crippen molar-refractivity contribution in [2.45, 2.75) is 45.9 Å². The zero-order valence-corrected chi connectivity index (χ0v) is 10.2. The summed E-state index contributed by atoms with van der Waals surface area (Å²) in [6, 6.07) is 0. The van der Waals surface area contributed by atoms with Crippen LogP contribution in [0.15, 0.2) is 0 Å². The van der Waals surface area contributed by atoms with Crippen LogP contribution in [0.2, 0.25) is 0 Å². The molecule has 1 rings (SSSR count). The van der Waals surface area contributed by atoms with Gasteiger partial charge in [-0.3, -0.25) is 5.10 Å². The summed E-state index contributed by atoms with van der Waals surface area (Å²) in [5, 5.41) is 7.43. The lowest BCUT2D eigenvalue weighted by Gasteiger charge is -2.06. The summed E-state index contributed by atoms with van der Waals surface area (Å²) in [6.45, 7) is 8.69. The number of aromatic amines is 1. The summed E-state index contributed by atoms with van der Waals surface area (Å²) < 4.78 is 0. The second-order valence-corrected chi connectivity index (χ2v) is 4.72. The molecule has 80 valence electrons. The van der Waals surface area contributed by atoms with Gasteiger partial charge in [0.15, 0.2) is 0 Å². The molecule has 0 atom stereocenters. The molecule has 2 nitrogen and oxygen atoms in total. The molecule has 0 radical (unpaired) electrons. The van der Waals surface area contributed by atoms with E-state index in [1.165, 1.54) is 11.3 Å². The van der Waals surface area contributed by atoms with E-state index in [-0.39, 0.29) is 0 Å². The van der Waals surface area contributed by atoms with Gasteiger partial charge in [0, 0.05) is 11.3 Å². The molecule has 3 heteroatoms. The summed E-state index contributed by atoms with van der Waals surface area (Å²) in [4.78, 5) is 0. The summed E-state index contributed by atoms with van der Waals surface area (Å²) >= 11 is 5.95. The van der Waals surface area contributed by atoms with E-state index in [9.17, 15) is 0 Å². The molecule has 0 aliphatic heterocycles. The first-order valence-corrected chi connectivity index (χ1v) is 5.71. The van der Waals surface area contributed by atoms with E-state index in [2.05, 4.69) is 37.9 Å². The standard InChI is InChI=1S/C11H19ClN2/c1-7(2)5-10-9(6-12)11(8(3)4)14-13-10/h7-8H,5-6H2,1-4H3,(H,13,14). The molecule has 0 spiro atoms. The molecule has 0 unspecified atom stereocenters. The largest absolute Gasteiger partial charge is 0.282 e. The van der Waals surface area contributed by atoms with Crippen molar-refractivity contribution in [3.05, 3.63) is 17.0 Å². The monoisotopic (exact) mass is 214 g/mol. The molecule has 1 aromatic rings. The molecule has 0 aromatic carbocycles. The van der Waals surface area contributed by atoms with Crippen molar-refractivity contribution >= 4 is 11.6 Å². The molecule has 1 N–H and O–H groups in total.